The number of halogens is 1. The van der Waals surface area contributed by atoms with Crippen LogP contribution in [0.15, 0.2) is 48.5 Å². The van der Waals surface area contributed by atoms with E-state index in [1.165, 1.54) is 0 Å². The second kappa shape index (κ2) is 7.92. The van der Waals surface area contributed by atoms with Gasteiger partial charge in [-0.1, -0.05) is 23.7 Å². The van der Waals surface area contributed by atoms with E-state index in [2.05, 4.69) is 16.0 Å². The maximum Gasteiger partial charge on any atom is 0.325 e. The summed E-state index contributed by atoms with van der Waals surface area (Å²) in [6.07, 6.45) is 0. The largest absolute Gasteiger partial charge is 0.325 e. The molecule has 1 fully saturated rings. The molecule has 1 heterocycles. The number of anilines is 2. The first-order chi connectivity index (χ1) is 13.7. The zero-order chi connectivity index (χ0) is 21.2. The van der Waals surface area contributed by atoms with Crippen LogP contribution in [0.1, 0.15) is 24.2 Å². The highest BCUT2D eigenvalue weighted by Crippen LogP contribution is 2.20. The molecule has 3 rings (SSSR count). The summed E-state index contributed by atoms with van der Waals surface area (Å²) in [6, 6.07) is 12.4. The summed E-state index contributed by atoms with van der Waals surface area (Å²) in [5.74, 6) is -1.52. The van der Waals surface area contributed by atoms with Crippen molar-refractivity contribution in [3.63, 3.8) is 0 Å². The van der Waals surface area contributed by atoms with Gasteiger partial charge in [0.15, 0.2) is 0 Å². The lowest BCUT2D eigenvalue weighted by Gasteiger charge is -2.16. The highest BCUT2D eigenvalue weighted by Gasteiger charge is 2.44. The second-order valence-electron chi connectivity index (χ2n) is 7.00. The third-order valence-electron chi connectivity index (χ3n) is 4.29. The topological polar surface area (TPSA) is 108 Å². The molecule has 1 aliphatic heterocycles. The zero-order valence-corrected chi connectivity index (χ0v) is 16.5. The predicted molar refractivity (Wildman–Crippen MR) is 109 cm³/mol. The SMILES string of the molecule is CC1(C)NC(=O)N(CC(=O)Nc2ccccc2C(=O)Nc2ccc(Cl)cc2)C1=O. The van der Waals surface area contributed by atoms with Gasteiger partial charge >= 0.3 is 6.03 Å². The zero-order valence-electron chi connectivity index (χ0n) is 15.8. The first-order valence-electron chi connectivity index (χ1n) is 8.77. The van der Waals surface area contributed by atoms with Crippen LogP contribution in [-0.4, -0.2) is 40.7 Å². The predicted octanol–water partition coefficient (Wildman–Crippen LogP) is 2.86. The Kier molecular flexibility index (Phi) is 5.56. The third kappa shape index (κ3) is 4.55. The molecule has 3 N–H and O–H groups in total. The summed E-state index contributed by atoms with van der Waals surface area (Å²) >= 11 is 5.84. The van der Waals surface area contributed by atoms with Gasteiger partial charge in [0.1, 0.15) is 12.1 Å². The maximum atomic E-state index is 12.6. The van der Waals surface area contributed by atoms with Crippen LogP contribution in [-0.2, 0) is 9.59 Å². The van der Waals surface area contributed by atoms with Crippen molar-refractivity contribution in [1.82, 2.24) is 10.2 Å². The van der Waals surface area contributed by atoms with E-state index < -0.39 is 35.8 Å². The van der Waals surface area contributed by atoms with E-state index in [1.54, 1.807) is 62.4 Å². The Hall–Kier alpha value is -3.39. The van der Waals surface area contributed by atoms with E-state index in [9.17, 15) is 19.2 Å². The third-order valence-corrected chi connectivity index (χ3v) is 4.55. The number of carbonyl (C=O) groups excluding carboxylic acids is 4. The summed E-state index contributed by atoms with van der Waals surface area (Å²) in [6.45, 7) is 2.66. The van der Waals surface area contributed by atoms with Crippen molar-refractivity contribution in [3.05, 3.63) is 59.1 Å². The molecule has 1 saturated heterocycles. The van der Waals surface area contributed by atoms with Gasteiger partial charge in [-0.3, -0.25) is 19.3 Å². The molecule has 29 heavy (non-hydrogen) atoms. The van der Waals surface area contributed by atoms with Crippen LogP contribution in [0.25, 0.3) is 0 Å². The van der Waals surface area contributed by atoms with Crippen molar-refractivity contribution in [2.75, 3.05) is 17.2 Å². The molecule has 0 atom stereocenters. The highest BCUT2D eigenvalue weighted by atomic mass is 35.5. The molecule has 1 aliphatic rings. The molecule has 2 aromatic rings. The Labute approximate surface area is 172 Å². The van der Waals surface area contributed by atoms with Gasteiger partial charge < -0.3 is 16.0 Å². The highest BCUT2D eigenvalue weighted by molar-refractivity contribution is 6.30. The number of hydrogen-bond donors (Lipinski definition) is 3. The average Bonchev–Trinajstić information content (AvgIpc) is 2.85. The van der Waals surface area contributed by atoms with Crippen molar-refractivity contribution < 1.29 is 19.2 Å². The lowest BCUT2D eigenvalue weighted by atomic mass is 10.1. The summed E-state index contributed by atoms with van der Waals surface area (Å²) in [4.78, 5) is 50.0. The number of urea groups is 1. The van der Waals surface area contributed by atoms with Gasteiger partial charge in [0, 0.05) is 10.7 Å². The van der Waals surface area contributed by atoms with Gasteiger partial charge in [-0.2, -0.15) is 0 Å². The average molecular weight is 415 g/mol. The van der Waals surface area contributed by atoms with Crippen molar-refractivity contribution in [2.24, 2.45) is 0 Å². The monoisotopic (exact) mass is 414 g/mol. The Balaban J connectivity index is 1.71. The van der Waals surface area contributed by atoms with Gasteiger partial charge in [0.2, 0.25) is 5.91 Å². The number of nitrogens with one attached hydrogen (secondary N) is 3. The van der Waals surface area contributed by atoms with Crippen molar-refractivity contribution >= 4 is 46.7 Å². The van der Waals surface area contributed by atoms with Crippen LogP contribution in [0.5, 0.6) is 0 Å². The Morgan fingerprint density at radius 3 is 2.31 bits per heavy atom. The Bertz CT molecular complexity index is 988. The normalized spacial score (nSPS) is 15.1. The fourth-order valence-electron chi connectivity index (χ4n) is 2.82. The minimum atomic E-state index is -1.06. The first-order valence-corrected chi connectivity index (χ1v) is 9.15. The van der Waals surface area contributed by atoms with Crippen LogP contribution in [0.3, 0.4) is 0 Å². The van der Waals surface area contributed by atoms with E-state index in [1.807, 2.05) is 0 Å². The Morgan fingerprint density at radius 1 is 1.03 bits per heavy atom. The van der Waals surface area contributed by atoms with Crippen LogP contribution in [0, 0.1) is 0 Å². The molecule has 8 nitrogen and oxygen atoms in total. The quantitative estimate of drug-likeness (QED) is 0.654. The summed E-state index contributed by atoms with van der Waals surface area (Å²) in [7, 11) is 0. The summed E-state index contributed by atoms with van der Waals surface area (Å²) < 4.78 is 0. The molecule has 150 valence electrons. The van der Waals surface area contributed by atoms with Gasteiger partial charge in [0.05, 0.1) is 11.3 Å². The number of imide groups is 1. The number of amides is 5. The van der Waals surface area contributed by atoms with E-state index >= 15 is 0 Å². The molecule has 0 unspecified atom stereocenters. The van der Waals surface area contributed by atoms with E-state index in [4.69, 9.17) is 11.6 Å². The number of rotatable bonds is 5. The Morgan fingerprint density at radius 2 is 1.69 bits per heavy atom. The van der Waals surface area contributed by atoms with Gasteiger partial charge in [-0.05, 0) is 50.2 Å². The summed E-state index contributed by atoms with van der Waals surface area (Å²) in [5, 5.41) is 8.35. The number of carbonyl (C=O) groups is 4. The minimum Gasteiger partial charge on any atom is -0.324 e. The molecule has 0 radical (unpaired) electrons. The molecule has 0 aromatic heterocycles. The fourth-order valence-corrected chi connectivity index (χ4v) is 2.94. The summed E-state index contributed by atoms with van der Waals surface area (Å²) in [5.41, 5.74) is -0.0287. The molecular formula is C20H19ClN4O4. The number of benzene rings is 2. The van der Waals surface area contributed by atoms with Gasteiger partial charge in [0.25, 0.3) is 11.8 Å². The number of hydrogen-bond acceptors (Lipinski definition) is 4. The standard InChI is InChI=1S/C20H19ClN4O4/c1-20(2)18(28)25(19(29)24-20)11-16(26)23-15-6-4-3-5-14(15)17(27)22-13-9-7-12(21)8-10-13/h3-10H,11H2,1-2H3,(H,22,27)(H,23,26)(H,24,29). The molecule has 2 aromatic carbocycles. The lowest BCUT2D eigenvalue weighted by molar-refractivity contribution is -0.132. The van der Waals surface area contributed by atoms with Gasteiger partial charge in [-0.25, -0.2) is 4.79 Å². The van der Waals surface area contributed by atoms with Crippen molar-refractivity contribution in [3.8, 4) is 0 Å². The maximum absolute atomic E-state index is 12.6. The van der Waals surface area contributed by atoms with Crippen LogP contribution in [0.4, 0.5) is 16.2 Å². The fraction of sp³-hybridized carbons (Fsp3) is 0.200. The van der Waals surface area contributed by atoms with E-state index in [0.717, 1.165) is 4.90 Å². The molecule has 9 heteroatoms. The molecule has 0 bridgehead atoms. The van der Waals surface area contributed by atoms with Gasteiger partial charge in [-0.15, -0.1) is 0 Å². The number of nitrogens with zero attached hydrogens (tertiary/aromatic N) is 1. The van der Waals surface area contributed by atoms with Crippen molar-refractivity contribution in [1.29, 1.82) is 0 Å². The van der Waals surface area contributed by atoms with Crippen LogP contribution in [0.2, 0.25) is 5.02 Å². The number of para-hydroxylation sites is 1. The second-order valence-corrected chi connectivity index (χ2v) is 7.44. The lowest BCUT2D eigenvalue weighted by Crippen LogP contribution is -2.41. The van der Waals surface area contributed by atoms with Crippen molar-refractivity contribution in [2.45, 2.75) is 19.4 Å². The van der Waals surface area contributed by atoms with E-state index in [0.29, 0.717) is 10.7 Å². The molecule has 5 amide bonds. The van der Waals surface area contributed by atoms with E-state index in [-0.39, 0.29) is 11.3 Å². The molecule has 0 aliphatic carbocycles. The first kappa shape index (κ1) is 20.3. The van der Waals surface area contributed by atoms with Crippen LogP contribution < -0.4 is 16.0 Å². The molecule has 0 saturated carbocycles. The smallest absolute Gasteiger partial charge is 0.324 e. The molecule has 0 spiro atoms. The van der Waals surface area contributed by atoms with Crippen LogP contribution >= 0.6 is 11.6 Å². The molecular weight excluding hydrogens is 396 g/mol. The minimum absolute atomic E-state index is 0.230.